The number of aliphatic hydroxyl groups is 1. The SMILES string of the molecule is CCCCCCCC/C=C\CCCCCCCC(=O)NC(CCC(C)(C)O)COC(=O)CCN1CCCC1. The molecule has 1 saturated heterocycles. The molecule has 1 aliphatic heterocycles. The third-order valence-corrected chi connectivity index (χ3v) is 7.41. The zero-order valence-corrected chi connectivity index (χ0v) is 25.1. The molecule has 38 heavy (non-hydrogen) atoms. The number of likely N-dealkylation sites (tertiary alicyclic amines) is 1. The van der Waals surface area contributed by atoms with E-state index in [1.165, 1.54) is 70.6 Å². The molecule has 222 valence electrons. The van der Waals surface area contributed by atoms with Gasteiger partial charge in [-0.2, -0.15) is 0 Å². The number of carbonyl (C=O) groups is 2. The molecule has 0 aromatic carbocycles. The lowest BCUT2D eigenvalue weighted by Gasteiger charge is -2.23. The third-order valence-electron chi connectivity index (χ3n) is 7.41. The summed E-state index contributed by atoms with van der Waals surface area (Å²) in [6.07, 6.45) is 25.2. The minimum Gasteiger partial charge on any atom is -0.463 e. The van der Waals surface area contributed by atoms with Crippen molar-refractivity contribution in [3.8, 4) is 0 Å². The second-order valence-electron chi connectivity index (χ2n) is 11.9. The summed E-state index contributed by atoms with van der Waals surface area (Å²) in [5, 5.41) is 13.2. The smallest absolute Gasteiger partial charge is 0.307 e. The Morgan fingerprint density at radius 2 is 1.47 bits per heavy atom. The van der Waals surface area contributed by atoms with Crippen LogP contribution in [0.4, 0.5) is 0 Å². The summed E-state index contributed by atoms with van der Waals surface area (Å²) in [5.74, 6) is -0.201. The Labute approximate surface area is 234 Å². The normalized spacial score (nSPS) is 15.3. The molecular weight excluding hydrogens is 476 g/mol. The highest BCUT2D eigenvalue weighted by Gasteiger charge is 2.20. The number of hydrogen-bond acceptors (Lipinski definition) is 5. The molecule has 1 rings (SSSR count). The van der Waals surface area contributed by atoms with Crippen LogP contribution in [0.2, 0.25) is 0 Å². The molecule has 0 aliphatic carbocycles. The Kier molecular flexibility index (Phi) is 20.4. The summed E-state index contributed by atoms with van der Waals surface area (Å²) in [7, 11) is 0. The summed E-state index contributed by atoms with van der Waals surface area (Å²) in [6.45, 7) is 8.83. The summed E-state index contributed by atoms with van der Waals surface area (Å²) >= 11 is 0. The minimum atomic E-state index is -0.813. The first-order valence-electron chi connectivity index (χ1n) is 15.8. The zero-order valence-electron chi connectivity index (χ0n) is 25.1. The van der Waals surface area contributed by atoms with Crippen molar-refractivity contribution in [2.45, 2.75) is 154 Å². The number of rotatable bonds is 24. The minimum absolute atomic E-state index is 0.0106. The molecule has 1 fully saturated rings. The molecular formula is C32H60N2O4. The van der Waals surface area contributed by atoms with Gasteiger partial charge in [0.25, 0.3) is 0 Å². The van der Waals surface area contributed by atoms with Gasteiger partial charge in [0, 0.05) is 13.0 Å². The van der Waals surface area contributed by atoms with Gasteiger partial charge in [-0.05, 0) is 84.7 Å². The van der Waals surface area contributed by atoms with E-state index < -0.39 is 5.60 Å². The molecule has 0 aromatic heterocycles. The average molecular weight is 537 g/mol. The second kappa shape index (κ2) is 22.4. The van der Waals surface area contributed by atoms with Gasteiger partial charge < -0.3 is 20.1 Å². The van der Waals surface area contributed by atoms with Crippen LogP contribution in [0.25, 0.3) is 0 Å². The van der Waals surface area contributed by atoms with Crippen LogP contribution in [0, 0.1) is 0 Å². The van der Waals surface area contributed by atoms with Crippen molar-refractivity contribution < 1.29 is 19.4 Å². The van der Waals surface area contributed by atoms with Crippen molar-refractivity contribution in [3.63, 3.8) is 0 Å². The lowest BCUT2D eigenvalue weighted by atomic mass is 9.99. The van der Waals surface area contributed by atoms with E-state index in [4.69, 9.17) is 4.74 Å². The van der Waals surface area contributed by atoms with Gasteiger partial charge in [-0.15, -0.1) is 0 Å². The van der Waals surface area contributed by atoms with Gasteiger partial charge >= 0.3 is 5.97 Å². The van der Waals surface area contributed by atoms with Crippen molar-refractivity contribution in [3.05, 3.63) is 12.2 Å². The fourth-order valence-corrected chi connectivity index (χ4v) is 4.90. The molecule has 0 radical (unpaired) electrons. The maximum atomic E-state index is 12.5. The maximum absolute atomic E-state index is 12.5. The van der Waals surface area contributed by atoms with E-state index in [1.54, 1.807) is 13.8 Å². The topological polar surface area (TPSA) is 78.9 Å². The first kappa shape index (κ1) is 34.6. The Balaban J connectivity index is 2.12. The quantitative estimate of drug-likeness (QED) is 0.0782. The monoisotopic (exact) mass is 536 g/mol. The van der Waals surface area contributed by atoms with Crippen LogP contribution in [0.15, 0.2) is 12.2 Å². The van der Waals surface area contributed by atoms with Crippen molar-refractivity contribution in [1.82, 2.24) is 10.2 Å². The van der Waals surface area contributed by atoms with Crippen molar-refractivity contribution in [1.29, 1.82) is 0 Å². The number of allylic oxidation sites excluding steroid dienone is 2. The molecule has 2 N–H and O–H groups in total. The molecule has 1 aliphatic rings. The molecule has 0 saturated carbocycles. The zero-order chi connectivity index (χ0) is 27.9. The number of nitrogens with one attached hydrogen (secondary N) is 1. The molecule has 1 amide bonds. The molecule has 0 bridgehead atoms. The Morgan fingerprint density at radius 1 is 0.895 bits per heavy atom. The van der Waals surface area contributed by atoms with Crippen molar-refractivity contribution in [2.75, 3.05) is 26.2 Å². The number of amides is 1. The average Bonchev–Trinajstić information content (AvgIpc) is 3.40. The van der Waals surface area contributed by atoms with E-state index >= 15 is 0 Å². The highest BCUT2D eigenvalue weighted by atomic mass is 16.5. The number of esters is 1. The van der Waals surface area contributed by atoms with Crippen LogP contribution in [0.5, 0.6) is 0 Å². The van der Waals surface area contributed by atoms with Crippen LogP contribution in [-0.4, -0.2) is 59.8 Å². The van der Waals surface area contributed by atoms with Crippen LogP contribution in [-0.2, 0) is 14.3 Å². The second-order valence-corrected chi connectivity index (χ2v) is 11.9. The van der Waals surface area contributed by atoms with Crippen molar-refractivity contribution in [2.24, 2.45) is 0 Å². The summed E-state index contributed by atoms with van der Waals surface area (Å²) in [6, 6.07) is -0.257. The molecule has 1 unspecified atom stereocenters. The van der Waals surface area contributed by atoms with E-state index in [0.717, 1.165) is 45.3 Å². The third kappa shape index (κ3) is 21.5. The Bertz CT molecular complexity index is 623. The lowest BCUT2D eigenvalue weighted by Crippen LogP contribution is -2.40. The van der Waals surface area contributed by atoms with Gasteiger partial charge in [0.2, 0.25) is 5.91 Å². The van der Waals surface area contributed by atoms with E-state index in [1.807, 2.05) is 0 Å². The van der Waals surface area contributed by atoms with Crippen molar-refractivity contribution >= 4 is 11.9 Å². The number of carbonyl (C=O) groups excluding carboxylic acids is 2. The lowest BCUT2D eigenvalue weighted by molar-refractivity contribution is -0.145. The van der Waals surface area contributed by atoms with Gasteiger partial charge in [0.15, 0.2) is 0 Å². The Hall–Kier alpha value is -1.40. The molecule has 6 nitrogen and oxygen atoms in total. The predicted octanol–water partition coefficient (Wildman–Crippen LogP) is 7.09. The highest BCUT2D eigenvalue weighted by Crippen LogP contribution is 2.14. The summed E-state index contributed by atoms with van der Waals surface area (Å²) in [4.78, 5) is 27.0. The van der Waals surface area contributed by atoms with Gasteiger partial charge in [-0.1, -0.05) is 70.4 Å². The fourth-order valence-electron chi connectivity index (χ4n) is 4.90. The van der Waals surface area contributed by atoms with Crippen LogP contribution >= 0.6 is 0 Å². The standard InChI is InChI=1S/C32H60N2O4/c1-4-5-6-7-8-9-10-11-12-13-14-15-16-17-18-21-30(35)33-29(22-24-32(2,3)37)28-38-31(36)23-27-34-25-19-20-26-34/h11-12,29,37H,4-10,13-28H2,1-3H3,(H,33,35)/b12-11-. The van der Waals surface area contributed by atoms with E-state index in [-0.39, 0.29) is 24.5 Å². The molecule has 1 heterocycles. The molecule has 0 aromatic rings. The van der Waals surface area contributed by atoms with Crippen LogP contribution in [0.1, 0.15) is 143 Å². The fraction of sp³-hybridized carbons (Fsp3) is 0.875. The van der Waals surface area contributed by atoms with Gasteiger partial charge in [0.05, 0.1) is 18.1 Å². The van der Waals surface area contributed by atoms with E-state index in [2.05, 4.69) is 29.3 Å². The first-order chi connectivity index (χ1) is 18.3. The summed E-state index contributed by atoms with van der Waals surface area (Å²) < 4.78 is 5.49. The van der Waals surface area contributed by atoms with Crippen LogP contribution in [0.3, 0.4) is 0 Å². The highest BCUT2D eigenvalue weighted by molar-refractivity contribution is 5.76. The van der Waals surface area contributed by atoms with E-state index in [9.17, 15) is 14.7 Å². The Morgan fingerprint density at radius 3 is 2.08 bits per heavy atom. The number of nitrogens with zero attached hydrogens (tertiary/aromatic N) is 1. The number of hydrogen-bond donors (Lipinski definition) is 2. The molecule has 0 spiro atoms. The van der Waals surface area contributed by atoms with Crippen LogP contribution < -0.4 is 5.32 Å². The maximum Gasteiger partial charge on any atom is 0.307 e. The first-order valence-corrected chi connectivity index (χ1v) is 15.8. The van der Waals surface area contributed by atoms with Gasteiger partial charge in [-0.25, -0.2) is 0 Å². The van der Waals surface area contributed by atoms with Gasteiger partial charge in [0.1, 0.15) is 6.61 Å². The molecule has 6 heteroatoms. The number of unbranched alkanes of at least 4 members (excludes halogenated alkanes) is 11. The summed E-state index contributed by atoms with van der Waals surface area (Å²) in [5.41, 5.74) is -0.813. The molecule has 1 atom stereocenters. The van der Waals surface area contributed by atoms with Gasteiger partial charge in [-0.3, -0.25) is 9.59 Å². The predicted molar refractivity (Wildman–Crippen MR) is 158 cm³/mol. The number of ether oxygens (including phenoxy) is 1. The van der Waals surface area contributed by atoms with E-state index in [0.29, 0.717) is 25.7 Å². The largest absolute Gasteiger partial charge is 0.463 e.